The fraction of sp³-hybridized carbons (Fsp3) is 0. The van der Waals surface area contributed by atoms with E-state index in [2.05, 4.69) is 0 Å². The maximum Gasteiger partial charge on any atom is 0.328 e. The van der Waals surface area contributed by atoms with E-state index in [0.717, 1.165) is 12.1 Å². The maximum absolute atomic E-state index is 13.0. The first-order chi connectivity index (χ1) is 6.50. The van der Waals surface area contributed by atoms with E-state index in [1.807, 2.05) is 0 Å². The third-order valence-electron chi connectivity index (χ3n) is 1.43. The first kappa shape index (κ1) is 11.0. The van der Waals surface area contributed by atoms with Crippen molar-refractivity contribution in [3.8, 4) is 0 Å². The molecule has 5 heteroatoms. The summed E-state index contributed by atoms with van der Waals surface area (Å²) in [6, 6.07) is 2.44. The lowest BCUT2D eigenvalue weighted by Gasteiger charge is -2.00. The zero-order chi connectivity index (χ0) is 10.7. The van der Waals surface area contributed by atoms with Crippen molar-refractivity contribution in [3.63, 3.8) is 0 Å². The minimum absolute atomic E-state index is 0.146. The molecule has 74 valence electrons. The molecule has 0 aliphatic carbocycles. The third-order valence-corrected chi connectivity index (χ3v) is 2.04. The van der Waals surface area contributed by atoms with Gasteiger partial charge < -0.3 is 5.11 Å². The molecule has 0 heterocycles. The van der Waals surface area contributed by atoms with E-state index in [0.29, 0.717) is 0 Å². The lowest BCUT2D eigenvalue weighted by Crippen LogP contribution is -1.87. The van der Waals surface area contributed by atoms with Gasteiger partial charge in [0, 0.05) is 11.1 Å². The van der Waals surface area contributed by atoms with E-state index >= 15 is 0 Å². The van der Waals surface area contributed by atoms with E-state index in [1.54, 1.807) is 0 Å². The number of hydrogen-bond donors (Lipinski definition) is 1. The fourth-order valence-electron chi connectivity index (χ4n) is 0.858. The predicted octanol–water partition coefficient (Wildman–Crippen LogP) is 3.23. The summed E-state index contributed by atoms with van der Waals surface area (Å²) >= 11 is 11.1. The van der Waals surface area contributed by atoms with Crippen LogP contribution in [0.15, 0.2) is 18.2 Å². The Kier molecular flexibility index (Phi) is 3.49. The third kappa shape index (κ3) is 2.72. The molecule has 0 radical (unpaired) electrons. The Hall–Kier alpha value is -1.06. The van der Waals surface area contributed by atoms with E-state index < -0.39 is 11.8 Å². The van der Waals surface area contributed by atoms with Crippen LogP contribution in [0.1, 0.15) is 5.56 Å². The molecule has 0 aliphatic heterocycles. The fourth-order valence-corrected chi connectivity index (χ4v) is 1.24. The van der Waals surface area contributed by atoms with Gasteiger partial charge in [-0.25, -0.2) is 9.18 Å². The van der Waals surface area contributed by atoms with Gasteiger partial charge in [-0.2, -0.15) is 0 Å². The standard InChI is InChI=1S/C9H5Cl2FO2/c10-6-3-5(1-2-8(13)14)9(11)7(12)4-6/h1-4H,(H,13,14). The summed E-state index contributed by atoms with van der Waals surface area (Å²) in [6.07, 6.45) is 2.04. The van der Waals surface area contributed by atoms with E-state index in [-0.39, 0.29) is 15.6 Å². The van der Waals surface area contributed by atoms with Crippen molar-refractivity contribution in [1.82, 2.24) is 0 Å². The number of aliphatic carboxylic acids is 1. The van der Waals surface area contributed by atoms with Gasteiger partial charge in [0.25, 0.3) is 0 Å². The second-order valence-electron chi connectivity index (χ2n) is 2.46. The molecular weight excluding hydrogens is 230 g/mol. The summed E-state index contributed by atoms with van der Waals surface area (Å²) in [7, 11) is 0. The highest BCUT2D eigenvalue weighted by atomic mass is 35.5. The maximum atomic E-state index is 13.0. The van der Waals surface area contributed by atoms with E-state index in [9.17, 15) is 9.18 Å². The monoisotopic (exact) mass is 234 g/mol. The topological polar surface area (TPSA) is 37.3 Å². The summed E-state index contributed by atoms with van der Waals surface area (Å²) in [4.78, 5) is 10.2. The van der Waals surface area contributed by atoms with Crippen LogP contribution in [0.4, 0.5) is 4.39 Å². The molecule has 0 aliphatic rings. The highest BCUT2D eigenvalue weighted by molar-refractivity contribution is 6.34. The van der Waals surface area contributed by atoms with Crippen LogP contribution in [-0.2, 0) is 4.79 Å². The Labute approximate surface area is 89.6 Å². The molecule has 1 rings (SSSR count). The summed E-state index contributed by atoms with van der Waals surface area (Å²) in [5.74, 6) is -1.81. The SMILES string of the molecule is O=C(O)C=Cc1cc(Cl)cc(F)c1Cl. The molecule has 2 nitrogen and oxygen atoms in total. The summed E-state index contributed by atoms with van der Waals surface area (Å²) in [6.45, 7) is 0. The van der Waals surface area contributed by atoms with Crippen molar-refractivity contribution < 1.29 is 14.3 Å². The Morgan fingerprint density at radius 2 is 2.07 bits per heavy atom. The van der Waals surface area contributed by atoms with Crippen molar-refractivity contribution in [2.24, 2.45) is 0 Å². The summed E-state index contributed by atoms with van der Waals surface area (Å²) < 4.78 is 13.0. The van der Waals surface area contributed by atoms with E-state index in [4.69, 9.17) is 28.3 Å². The van der Waals surface area contributed by atoms with Crippen LogP contribution in [0, 0.1) is 5.82 Å². The van der Waals surface area contributed by atoms with Crippen molar-refractivity contribution in [3.05, 3.63) is 39.6 Å². The van der Waals surface area contributed by atoms with Gasteiger partial charge in [0.15, 0.2) is 0 Å². The van der Waals surface area contributed by atoms with Crippen molar-refractivity contribution in [1.29, 1.82) is 0 Å². The second kappa shape index (κ2) is 4.44. The molecule has 1 N–H and O–H groups in total. The van der Waals surface area contributed by atoms with Crippen molar-refractivity contribution in [2.75, 3.05) is 0 Å². The molecule has 0 fully saturated rings. The number of carboxylic acids is 1. The average molecular weight is 235 g/mol. The largest absolute Gasteiger partial charge is 0.478 e. The number of carboxylic acid groups (broad SMARTS) is 1. The Morgan fingerprint density at radius 1 is 1.43 bits per heavy atom. The molecular formula is C9H5Cl2FO2. The zero-order valence-corrected chi connectivity index (χ0v) is 8.31. The van der Waals surface area contributed by atoms with E-state index in [1.165, 1.54) is 12.1 Å². The molecule has 0 unspecified atom stereocenters. The first-order valence-corrected chi connectivity index (χ1v) is 4.32. The predicted molar refractivity (Wildman–Crippen MR) is 53.1 cm³/mol. The van der Waals surface area contributed by atoms with Gasteiger partial charge in [-0.1, -0.05) is 23.2 Å². The van der Waals surface area contributed by atoms with Crippen LogP contribution < -0.4 is 0 Å². The molecule has 0 amide bonds. The summed E-state index contributed by atoms with van der Waals surface area (Å²) in [5.41, 5.74) is 0.235. The van der Waals surface area contributed by atoms with Gasteiger partial charge >= 0.3 is 5.97 Å². The summed E-state index contributed by atoms with van der Waals surface area (Å²) in [5, 5.41) is 8.37. The van der Waals surface area contributed by atoms with Gasteiger partial charge in [0.2, 0.25) is 0 Å². The quantitative estimate of drug-likeness (QED) is 0.631. The minimum atomic E-state index is -1.14. The lowest BCUT2D eigenvalue weighted by molar-refractivity contribution is -0.131. The van der Waals surface area contributed by atoms with Crippen molar-refractivity contribution >= 4 is 35.2 Å². The normalized spacial score (nSPS) is 10.8. The highest BCUT2D eigenvalue weighted by Crippen LogP contribution is 2.25. The van der Waals surface area contributed by atoms with Crippen molar-refractivity contribution in [2.45, 2.75) is 0 Å². The lowest BCUT2D eigenvalue weighted by atomic mass is 10.2. The smallest absolute Gasteiger partial charge is 0.328 e. The molecule has 0 spiro atoms. The van der Waals surface area contributed by atoms with Crippen LogP contribution in [0.25, 0.3) is 6.08 Å². The molecule has 14 heavy (non-hydrogen) atoms. The van der Waals surface area contributed by atoms with Crippen LogP contribution >= 0.6 is 23.2 Å². The number of rotatable bonds is 2. The Morgan fingerprint density at radius 3 is 2.64 bits per heavy atom. The minimum Gasteiger partial charge on any atom is -0.478 e. The van der Waals surface area contributed by atoms with Gasteiger partial charge in [0.1, 0.15) is 5.82 Å². The molecule has 1 aromatic carbocycles. The van der Waals surface area contributed by atoms with Gasteiger partial charge in [-0.05, 0) is 23.8 Å². The zero-order valence-electron chi connectivity index (χ0n) is 6.80. The molecule has 0 aromatic heterocycles. The highest BCUT2D eigenvalue weighted by Gasteiger charge is 2.05. The number of carbonyl (C=O) groups is 1. The molecule has 0 bridgehead atoms. The van der Waals surface area contributed by atoms with Crippen LogP contribution in [0.3, 0.4) is 0 Å². The van der Waals surface area contributed by atoms with Gasteiger partial charge in [0.05, 0.1) is 5.02 Å². The van der Waals surface area contributed by atoms with Gasteiger partial charge in [-0.15, -0.1) is 0 Å². The first-order valence-electron chi connectivity index (χ1n) is 3.56. The van der Waals surface area contributed by atoms with Crippen LogP contribution in [0.2, 0.25) is 10.0 Å². The van der Waals surface area contributed by atoms with Crippen LogP contribution in [0.5, 0.6) is 0 Å². The molecule has 1 aromatic rings. The number of benzene rings is 1. The average Bonchev–Trinajstić information content (AvgIpc) is 2.08. The molecule has 0 atom stereocenters. The molecule has 0 saturated carbocycles. The molecule has 0 saturated heterocycles. The Bertz CT molecular complexity index is 402. The van der Waals surface area contributed by atoms with Gasteiger partial charge in [-0.3, -0.25) is 0 Å². The number of halogens is 3. The Balaban J connectivity index is 3.14. The van der Waals surface area contributed by atoms with Crippen LogP contribution in [-0.4, -0.2) is 11.1 Å². The number of hydrogen-bond acceptors (Lipinski definition) is 1. The second-order valence-corrected chi connectivity index (χ2v) is 3.28.